The van der Waals surface area contributed by atoms with Crippen molar-refractivity contribution >= 4 is 17.2 Å². The van der Waals surface area contributed by atoms with Gasteiger partial charge in [0, 0.05) is 15.8 Å². The fraction of sp³-hybridized carbons (Fsp3) is 0.429. The summed E-state index contributed by atoms with van der Waals surface area (Å²) >= 11 is 1.83. The fourth-order valence-electron chi connectivity index (χ4n) is 1.74. The third-order valence-corrected chi connectivity index (χ3v) is 3.85. The molecule has 0 saturated heterocycles. The third-order valence-electron chi connectivity index (χ3n) is 2.62. The lowest BCUT2D eigenvalue weighted by Gasteiger charge is -2.07. The zero-order chi connectivity index (χ0) is 13.7. The molecule has 1 N–H and O–H groups in total. The van der Waals surface area contributed by atoms with Gasteiger partial charge in [0.25, 0.3) is 0 Å². The van der Waals surface area contributed by atoms with Crippen molar-refractivity contribution in [2.75, 3.05) is 11.9 Å². The minimum Gasteiger partial charge on any atom is -0.478 e. The van der Waals surface area contributed by atoms with Crippen molar-refractivity contribution in [2.24, 2.45) is 0 Å². The summed E-state index contributed by atoms with van der Waals surface area (Å²) in [7, 11) is 0. The van der Waals surface area contributed by atoms with Crippen molar-refractivity contribution in [2.45, 2.75) is 33.7 Å². The summed E-state index contributed by atoms with van der Waals surface area (Å²) in [6, 6.07) is 6.18. The molecule has 0 unspecified atom stereocenters. The number of rotatable bonds is 6. The Bertz CT molecular complexity index is 539. The topological polar surface area (TPSA) is 47.0 Å². The fourth-order valence-corrected chi connectivity index (χ4v) is 2.64. The molecule has 0 aromatic carbocycles. The monoisotopic (exact) mass is 277 g/mol. The summed E-state index contributed by atoms with van der Waals surface area (Å²) in [5, 5.41) is 3.32. The van der Waals surface area contributed by atoms with E-state index < -0.39 is 0 Å². The smallest absolute Gasteiger partial charge is 0.218 e. The van der Waals surface area contributed by atoms with E-state index in [2.05, 4.69) is 34.3 Å². The highest BCUT2D eigenvalue weighted by molar-refractivity contribution is 7.12. The highest BCUT2D eigenvalue weighted by atomic mass is 32.1. The molecule has 0 atom stereocenters. The maximum atomic E-state index is 5.41. The predicted molar refractivity (Wildman–Crippen MR) is 79.0 cm³/mol. The Labute approximate surface area is 117 Å². The van der Waals surface area contributed by atoms with Crippen LogP contribution in [0.5, 0.6) is 5.88 Å². The number of hydrogen-bond acceptors (Lipinski definition) is 5. The zero-order valence-corrected chi connectivity index (χ0v) is 12.4. The molecule has 19 heavy (non-hydrogen) atoms. The first kappa shape index (κ1) is 13.8. The molecule has 0 bridgehead atoms. The summed E-state index contributed by atoms with van der Waals surface area (Å²) < 4.78 is 5.41. The van der Waals surface area contributed by atoms with E-state index in [1.165, 1.54) is 9.75 Å². The molecule has 0 fully saturated rings. The van der Waals surface area contributed by atoms with Crippen molar-refractivity contribution in [3.05, 3.63) is 33.8 Å². The van der Waals surface area contributed by atoms with Gasteiger partial charge in [-0.05, 0) is 32.4 Å². The number of ether oxygens (including phenoxy) is 1. The largest absolute Gasteiger partial charge is 0.478 e. The maximum absolute atomic E-state index is 5.41. The number of aromatic nitrogens is 2. The normalized spacial score (nSPS) is 10.5. The molecule has 0 amide bonds. The first-order chi connectivity index (χ1) is 9.21. The van der Waals surface area contributed by atoms with Gasteiger partial charge < -0.3 is 10.1 Å². The lowest BCUT2D eigenvalue weighted by atomic mass is 10.3. The van der Waals surface area contributed by atoms with E-state index in [0.29, 0.717) is 18.3 Å². The number of aryl methyl sites for hydroxylation is 2. The van der Waals surface area contributed by atoms with E-state index in [9.17, 15) is 0 Å². The van der Waals surface area contributed by atoms with Crippen molar-refractivity contribution in [3.8, 4) is 5.88 Å². The van der Waals surface area contributed by atoms with Crippen molar-refractivity contribution in [3.63, 3.8) is 0 Å². The van der Waals surface area contributed by atoms with Crippen LogP contribution in [0.3, 0.4) is 0 Å². The van der Waals surface area contributed by atoms with Crippen LogP contribution < -0.4 is 10.1 Å². The summed E-state index contributed by atoms with van der Waals surface area (Å²) in [4.78, 5) is 11.3. The van der Waals surface area contributed by atoms with Gasteiger partial charge in [0.15, 0.2) is 0 Å². The van der Waals surface area contributed by atoms with Crippen LogP contribution in [0, 0.1) is 6.92 Å². The second kappa shape index (κ2) is 6.52. The first-order valence-corrected chi connectivity index (χ1v) is 7.32. The molecule has 0 radical (unpaired) electrons. The molecule has 0 aliphatic rings. The van der Waals surface area contributed by atoms with Crippen LogP contribution in [0.4, 0.5) is 5.82 Å². The Morgan fingerprint density at radius 2 is 2.00 bits per heavy atom. The highest BCUT2D eigenvalue weighted by Gasteiger charge is 2.03. The molecule has 0 aliphatic heterocycles. The number of thiophene rings is 1. The van der Waals surface area contributed by atoms with Crippen molar-refractivity contribution < 1.29 is 4.74 Å². The molecular formula is C14H19N3OS. The standard InChI is InChI=1S/C14H19N3OS/c1-4-11-6-7-12(19-11)9-15-13-8-14(18-5-2)17-10(3)16-13/h6-8H,4-5,9H2,1-3H3,(H,15,16,17). The van der Waals surface area contributed by atoms with Crippen LogP contribution in [0.2, 0.25) is 0 Å². The summed E-state index contributed by atoms with van der Waals surface area (Å²) in [5.74, 6) is 2.15. The number of hydrogen-bond donors (Lipinski definition) is 1. The average Bonchev–Trinajstić information content (AvgIpc) is 2.84. The molecule has 102 valence electrons. The predicted octanol–water partition coefficient (Wildman–Crippen LogP) is 3.42. The van der Waals surface area contributed by atoms with Gasteiger partial charge in [-0.3, -0.25) is 0 Å². The Balaban J connectivity index is 2.02. The second-order valence-corrected chi connectivity index (χ2v) is 5.40. The zero-order valence-electron chi connectivity index (χ0n) is 11.6. The van der Waals surface area contributed by atoms with Gasteiger partial charge in [-0.25, -0.2) is 4.98 Å². The van der Waals surface area contributed by atoms with Gasteiger partial charge in [-0.2, -0.15) is 4.98 Å². The molecule has 0 spiro atoms. The summed E-state index contributed by atoms with van der Waals surface area (Å²) in [6.45, 7) is 7.38. The van der Waals surface area contributed by atoms with Crippen LogP contribution in [0.1, 0.15) is 29.4 Å². The van der Waals surface area contributed by atoms with E-state index in [-0.39, 0.29) is 0 Å². The van der Waals surface area contributed by atoms with Gasteiger partial charge in [0.05, 0.1) is 13.2 Å². The van der Waals surface area contributed by atoms with E-state index in [4.69, 9.17) is 4.74 Å². The average molecular weight is 277 g/mol. The van der Waals surface area contributed by atoms with Crippen LogP contribution >= 0.6 is 11.3 Å². The van der Waals surface area contributed by atoms with E-state index in [1.54, 1.807) is 0 Å². The van der Waals surface area contributed by atoms with Crippen LogP contribution in [0.15, 0.2) is 18.2 Å². The van der Waals surface area contributed by atoms with Crippen molar-refractivity contribution in [1.82, 2.24) is 9.97 Å². The second-order valence-electron chi connectivity index (χ2n) is 4.15. The van der Waals surface area contributed by atoms with Gasteiger partial charge in [-0.15, -0.1) is 11.3 Å². The molecule has 2 aromatic heterocycles. The molecule has 2 aromatic rings. The highest BCUT2D eigenvalue weighted by Crippen LogP contribution is 2.19. The van der Waals surface area contributed by atoms with Crippen LogP contribution in [0.25, 0.3) is 0 Å². The van der Waals surface area contributed by atoms with Crippen molar-refractivity contribution in [1.29, 1.82) is 0 Å². The SMILES string of the molecule is CCOc1cc(NCc2ccc(CC)s2)nc(C)n1. The molecule has 2 heterocycles. The third kappa shape index (κ3) is 3.92. The Morgan fingerprint density at radius 3 is 2.68 bits per heavy atom. The first-order valence-electron chi connectivity index (χ1n) is 6.51. The van der Waals surface area contributed by atoms with E-state index >= 15 is 0 Å². The minimum absolute atomic E-state index is 0.612. The Kier molecular flexibility index (Phi) is 4.74. The van der Waals surface area contributed by atoms with Gasteiger partial charge in [0.1, 0.15) is 11.6 Å². The lowest BCUT2D eigenvalue weighted by Crippen LogP contribution is -2.04. The molecule has 0 saturated carbocycles. The van der Waals surface area contributed by atoms with Gasteiger partial charge in [-0.1, -0.05) is 6.92 Å². The maximum Gasteiger partial charge on any atom is 0.218 e. The van der Waals surface area contributed by atoms with E-state index in [1.807, 2.05) is 31.3 Å². The molecule has 4 nitrogen and oxygen atoms in total. The number of nitrogens with zero attached hydrogens (tertiary/aromatic N) is 2. The summed E-state index contributed by atoms with van der Waals surface area (Å²) in [5.41, 5.74) is 0. The molecule has 0 aliphatic carbocycles. The number of anilines is 1. The summed E-state index contributed by atoms with van der Waals surface area (Å²) in [6.07, 6.45) is 1.09. The van der Waals surface area contributed by atoms with Gasteiger partial charge >= 0.3 is 0 Å². The Hall–Kier alpha value is -1.62. The van der Waals surface area contributed by atoms with Gasteiger partial charge in [0.2, 0.25) is 5.88 Å². The van der Waals surface area contributed by atoms with Crippen LogP contribution in [-0.4, -0.2) is 16.6 Å². The molecule has 2 rings (SSSR count). The quantitative estimate of drug-likeness (QED) is 0.879. The minimum atomic E-state index is 0.612. The van der Waals surface area contributed by atoms with Crippen LogP contribution in [-0.2, 0) is 13.0 Å². The molecular weight excluding hydrogens is 258 g/mol. The van der Waals surface area contributed by atoms with E-state index in [0.717, 1.165) is 18.8 Å². The molecule has 5 heteroatoms. The Morgan fingerprint density at radius 1 is 1.21 bits per heavy atom. The lowest BCUT2D eigenvalue weighted by molar-refractivity contribution is 0.325. The number of nitrogens with one attached hydrogen (secondary N) is 1.